The molecular weight excluding hydrogens is 232 g/mol. The number of rotatable bonds is 4. The Labute approximate surface area is 119 Å². The fraction of sp³-hybridized carbons (Fsp3) is 0.941. The average molecular weight is 262 g/mol. The summed E-state index contributed by atoms with van der Waals surface area (Å²) >= 11 is 0. The zero-order valence-corrected chi connectivity index (χ0v) is 12.9. The molecule has 2 aliphatic rings. The van der Waals surface area contributed by atoms with Crippen molar-refractivity contribution in [2.24, 2.45) is 10.8 Å². The van der Waals surface area contributed by atoms with Gasteiger partial charge in [-0.25, -0.2) is 0 Å². The normalized spacial score (nSPS) is 24.3. The van der Waals surface area contributed by atoms with Crippen molar-refractivity contribution in [3.63, 3.8) is 0 Å². The summed E-state index contributed by atoms with van der Waals surface area (Å²) in [6.45, 7) is 7.90. The van der Waals surface area contributed by atoms with Crippen LogP contribution in [0.5, 0.6) is 0 Å². The third kappa shape index (κ3) is 4.21. The monoisotopic (exact) mass is 262 g/mol. The van der Waals surface area contributed by atoms with Crippen LogP contribution in [0, 0.1) is 22.2 Å². The highest BCUT2D eigenvalue weighted by Crippen LogP contribution is 2.44. The van der Waals surface area contributed by atoms with E-state index in [4.69, 9.17) is 5.26 Å². The number of hydrogen-bond donors (Lipinski definition) is 0. The summed E-state index contributed by atoms with van der Waals surface area (Å²) in [4.78, 5) is 2.63. The van der Waals surface area contributed by atoms with Crippen molar-refractivity contribution in [2.45, 2.75) is 71.6 Å². The van der Waals surface area contributed by atoms with E-state index in [2.05, 4.69) is 24.8 Å². The van der Waals surface area contributed by atoms with E-state index in [9.17, 15) is 0 Å². The molecule has 0 aromatic carbocycles. The van der Waals surface area contributed by atoms with Crippen LogP contribution in [0.2, 0.25) is 0 Å². The lowest BCUT2D eigenvalue weighted by atomic mass is 9.68. The minimum Gasteiger partial charge on any atom is -0.303 e. The van der Waals surface area contributed by atoms with Gasteiger partial charge in [0, 0.05) is 0 Å². The lowest BCUT2D eigenvalue weighted by Gasteiger charge is -2.44. The van der Waals surface area contributed by atoms with Gasteiger partial charge in [-0.3, -0.25) is 0 Å². The van der Waals surface area contributed by atoms with Crippen LogP contribution < -0.4 is 0 Å². The highest BCUT2D eigenvalue weighted by atomic mass is 15.1. The van der Waals surface area contributed by atoms with Gasteiger partial charge >= 0.3 is 0 Å². The van der Waals surface area contributed by atoms with E-state index in [-0.39, 0.29) is 5.41 Å². The SMILES string of the molecule is CC(C)(C#N)CCCN1CCC2(CCCCC2)CC1. The van der Waals surface area contributed by atoms with Gasteiger partial charge in [-0.15, -0.1) is 0 Å². The maximum absolute atomic E-state index is 9.03. The minimum absolute atomic E-state index is 0.139. The van der Waals surface area contributed by atoms with Crippen LogP contribution in [0.4, 0.5) is 0 Å². The van der Waals surface area contributed by atoms with Crippen molar-refractivity contribution in [2.75, 3.05) is 19.6 Å². The van der Waals surface area contributed by atoms with Crippen molar-refractivity contribution >= 4 is 0 Å². The molecule has 0 aromatic heterocycles. The molecule has 0 unspecified atom stereocenters. The third-order valence-electron chi connectivity index (χ3n) is 5.41. The molecule has 0 aromatic rings. The van der Waals surface area contributed by atoms with Crippen LogP contribution in [0.3, 0.4) is 0 Å². The second kappa shape index (κ2) is 6.27. The van der Waals surface area contributed by atoms with Crippen LogP contribution in [0.1, 0.15) is 71.6 Å². The first-order valence-corrected chi connectivity index (χ1v) is 8.19. The summed E-state index contributed by atoms with van der Waals surface area (Å²) in [5, 5.41) is 9.03. The molecule has 1 aliphatic carbocycles. The Balaban J connectivity index is 1.68. The minimum atomic E-state index is -0.139. The molecular formula is C17H30N2. The number of nitrogens with zero attached hydrogens (tertiary/aromatic N) is 2. The van der Waals surface area contributed by atoms with Crippen molar-refractivity contribution < 1.29 is 0 Å². The molecule has 0 bridgehead atoms. The first kappa shape index (κ1) is 14.9. The molecule has 0 atom stereocenters. The highest BCUT2D eigenvalue weighted by molar-refractivity contribution is 4.92. The Morgan fingerprint density at radius 2 is 1.68 bits per heavy atom. The Morgan fingerprint density at radius 3 is 2.26 bits per heavy atom. The van der Waals surface area contributed by atoms with E-state index >= 15 is 0 Å². The molecule has 1 aliphatic heterocycles. The van der Waals surface area contributed by atoms with E-state index in [0.717, 1.165) is 11.8 Å². The van der Waals surface area contributed by atoms with E-state index in [1.807, 2.05) is 0 Å². The van der Waals surface area contributed by atoms with Crippen LogP contribution in [-0.4, -0.2) is 24.5 Å². The van der Waals surface area contributed by atoms with Gasteiger partial charge in [0.1, 0.15) is 0 Å². The summed E-state index contributed by atoms with van der Waals surface area (Å²) in [6.07, 6.45) is 12.4. The molecule has 1 saturated heterocycles. The number of likely N-dealkylation sites (tertiary alicyclic amines) is 1. The fourth-order valence-electron chi connectivity index (χ4n) is 3.85. The van der Waals surface area contributed by atoms with Crippen LogP contribution >= 0.6 is 0 Å². The zero-order chi connectivity index (χ0) is 13.8. The van der Waals surface area contributed by atoms with Crippen LogP contribution in [0.15, 0.2) is 0 Å². The summed E-state index contributed by atoms with van der Waals surface area (Å²) in [6, 6.07) is 2.41. The maximum atomic E-state index is 9.03. The Morgan fingerprint density at radius 1 is 1.05 bits per heavy atom. The van der Waals surface area contributed by atoms with Crippen molar-refractivity contribution in [1.82, 2.24) is 4.90 Å². The molecule has 0 radical (unpaired) electrons. The molecule has 2 rings (SSSR count). The lowest BCUT2D eigenvalue weighted by molar-refractivity contribution is 0.0661. The second-order valence-corrected chi connectivity index (χ2v) is 7.50. The van der Waals surface area contributed by atoms with Crippen molar-refractivity contribution in [1.29, 1.82) is 5.26 Å². The first-order chi connectivity index (χ1) is 9.05. The van der Waals surface area contributed by atoms with Gasteiger partial charge in [-0.1, -0.05) is 19.3 Å². The van der Waals surface area contributed by atoms with E-state index in [1.165, 1.54) is 71.0 Å². The van der Waals surface area contributed by atoms with Crippen molar-refractivity contribution in [3.8, 4) is 6.07 Å². The quantitative estimate of drug-likeness (QED) is 0.752. The highest BCUT2D eigenvalue weighted by Gasteiger charge is 2.35. The topological polar surface area (TPSA) is 27.0 Å². The molecule has 0 N–H and O–H groups in total. The molecule has 0 amide bonds. The van der Waals surface area contributed by atoms with E-state index in [0.29, 0.717) is 0 Å². The molecule has 2 heteroatoms. The predicted octanol–water partition coefficient (Wildman–Crippen LogP) is 4.36. The maximum Gasteiger partial charge on any atom is 0.0683 e. The van der Waals surface area contributed by atoms with Crippen LogP contribution in [0.25, 0.3) is 0 Å². The summed E-state index contributed by atoms with van der Waals surface area (Å²) in [5.74, 6) is 0. The first-order valence-electron chi connectivity index (χ1n) is 8.19. The largest absolute Gasteiger partial charge is 0.303 e. The van der Waals surface area contributed by atoms with Gasteiger partial charge in [0.2, 0.25) is 0 Å². The van der Waals surface area contributed by atoms with Gasteiger partial charge in [0.15, 0.2) is 0 Å². The van der Waals surface area contributed by atoms with Gasteiger partial charge in [-0.2, -0.15) is 5.26 Å². The van der Waals surface area contributed by atoms with E-state index in [1.54, 1.807) is 0 Å². The number of piperidine rings is 1. The molecule has 1 heterocycles. The molecule has 1 saturated carbocycles. The summed E-state index contributed by atoms with van der Waals surface area (Å²) in [5.41, 5.74) is 0.584. The predicted molar refractivity (Wildman–Crippen MR) is 79.8 cm³/mol. The lowest BCUT2D eigenvalue weighted by Crippen LogP contribution is -2.41. The number of hydrogen-bond acceptors (Lipinski definition) is 2. The molecule has 108 valence electrons. The summed E-state index contributed by atoms with van der Waals surface area (Å²) in [7, 11) is 0. The van der Waals surface area contributed by atoms with Gasteiger partial charge in [0.05, 0.1) is 11.5 Å². The molecule has 1 spiro atoms. The summed E-state index contributed by atoms with van der Waals surface area (Å²) < 4.78 is 0. The van der Waals surface area contributed by atoms with Crippen LogP contribution in [-0.2, 0) is 0 Å². The van der Waals surface area contributed by atoms with Gasteiger partial charge in [-0.05, 0) is 77.4 Å². The zero-order valence-electron chi connectivity index (χ0n) is 12.9. The number of nitriles is 1. The Hall–Kier alpha value is -0.550. The molecule has 2 fully saturated rings. The standard InChI is InChI=1S/C17H30N2/c1-16(2,15-18)7-6-12-19-13-10-17(11-14-19)8-4-3-5-9-17/h3-14H2,1-2H3. The van der Waals surface area contributed by atoms with Gasteiger partial charge in [0.25, 0.3) is 0 Å². The van der Waals surface area contributed by atoms with E-state index < -0.39 is 0 Å². The Kier molecular flexibility index (Phi) is 4.90. The molecule has 19 heavy (non-hydrogen) atoms. The smallest absolute Gasteiger partial charge is 0.0683 e. The second-order valence-electron chi connectivity index (χ2n) is 7.50. The average Bonchev–Trinajstić information content (AvgIpc) is 2.42. The fourth-order valence-corrected chi connectivity index (χ4v) is 3.85. The molecule has 2 nitrogen and oxygen atoms in total. The van der Waals surface area contributed by atoms with Crippen molar-refractivity contribution in [3.05, 3.63) is 0 Å². The third-order valence-corrected chi connectivity index (χ3v) is 5.41. The van der Waals surface area contributed by atoms with Gasteiger partial charge < -0.3 is 4.90 Å². The Bertz CT molecular complexity index is 311.